The summed E-state index contributed by atoms with van der Waals surface area (Å²) in [5.41, 5.74) is 2.60. The number of H-pyrrole nitrogens is 1. The number of hydrogen-bond donors (Lipinski definition) is 1. The summed E-state index contributed by atoms with van der Waals surface area (Å²) < 4.78 is 0.702. The average molecular weight is 302 g/mol. The Hall–Kier alpha value is -2.01. The number of rotatable bonds is 2. The average Bonchev–Trinajstić information content (AvgIpc) is 2.79. The summed E-state index contributed by atoms with van der Waals surface area (Å²) in [5.74, 6) is 0.308. The van der Waals surface area contributed by atoms with E-state index in [2.05, 4.69) is 30.9 Å². The van der Waals surface area contributed by atoms with Crippen molar-refractivity contribution in [3.8, 4) is 11.3 Å². The molecule has 88 valence electrons. The Labute approximate surface area is 111 Å². The molecule has 4 nitrogen and oxygen atoms in total. The maximum atomic E-state index is 10.7. The lowest BCUT2D eigenvalue weighted by molar-refractivity contribution is 0.111. The van der Waals surface area contributed by atoms with Gasteiger partial charge in [-0.25, -0.2) is 4.98 Å². The highest BCUT2D eigenvalue weighted by Crippen LogP contribution is 2.27. The van der Waals surface area contributed by atoms with Crippen LogP contribution in [0, 0.1) is 0 Å². The number of pyridine rings is 1. The molecule has 0 aliphatic heterocycles. The third-order valence-electron chi connectivity index (χ3n) is 2.67. The highest BCUT2D eigenvalue weighted by molar-refractivity contribution is 9.10. The number of imidazole rings is 1. The van der Waals surface area contributed by atoms with Gasteiger partial charge in [-0.3, -0.25) is 9.78 Å². The molecule has 0 aliphatic rings. The Kier molecular flexibility index (Phi) is 2.68. The Balaban J connectivity index is 2.18. The highest BCUT2D eigenvalue weighted by atomic mass is 79.9. The second-order valence-electron chi connectivity index (χ2n) is 3.81. The first-order valence-electron chi connectivity index (χ1n) is 5.34. The number of halogens is 1. The van der Waals surface area contributed by atoms with Crippen LogP contribution in [0.3, 0.4) is 0 Å². The normalized spacial score (nSPS) is 10.7. The minimum absolute atomic E-state index is 0.308. The van der Waals surface area contributed by atoms with Crippen molar-refractivity contribution in [2.45, 2.75) is 0 Å². The zero-order chi connectivity index (χ0) is 12.5. The fraction of sp³-hybridized carbons (Fsp3) is 0. The first kappa shape index (κ1) is 11.1. The standard InChI is InChI=1S/C13H8BrN3O/c14-13-12(16-11(7-18)17-13)9-3-4-10-8(6-9)2-1-5-15-10/h1-7H,(H,16,17). The smallest absolute Gasteiger partial charge is 0.185 e. The molecule has 3 aromatic rings. The predicted octanol–water partition coefficient (Wildman–Crippen LogP) is 3.20. The van der Waals surface area contributed by atoms with Gasteiger partial charge in [0, 0.05) is 17.1 Å². The summed E-state index contributed by atoms with van der Waals surface area (Å²) >= 11 is 3.37. The number of carbonyl (C=O) groups is 1. The van der Waals surface area contributed by atoms with E-state index < -0.39 is 0 Å². The van der Waals surface area contributed by atoms with Crippen molar-refractivity contribution in [1.82, 2.24) is 15.0 Å². The number of aromatic amines is 1. The third kappa shape index (κ3) is 1.82. The second-order valence-corrected chi connectivity index (χ2v) is 4.61. The van der Waals surface area contributed by atoms with E-state index in [4.69, 9.17) is 0 Å². The van der Waals surface area contributed by atoms with E-state index in [9.17, 15) is 4.79 Å². The summed E-state index contributed by atoms with van der Waals surface area (Å²) in [7, 11) is 0. The fourth-order valence-corrected chi connectivity index (χ4v) is 2.36. The molecular weight excluding hydrogens is 294 g/mol. The van der Waals surface area contributed by atoms with Crippen molar-refractivity contribution in [1.29, 1.82) is 0 Å². The second kappa shape index (κ2) is 4.34. The molecule has 0 unspecified atom stereocenters. The van der Waals surface area contributed by atoms with Crippen LogP contribution in [0.2, 0.25) is 0 Å². The molecule has 5 heteroatoms. The molecule has 0 saturated carbocycles. The SMILES string of the molecule is O=Cc1nc(-c2ccc3ncccc3c2)c(Br)[nH]1. The first-order chi connectivity index (χ1) is 8.78. The van der Waals surface area contributed by atoms with Crippen LogP contribution in [0.4, 0.5) is 0 Å². The minimum Gasteiger partial charge on any atom is -0.330 e. The van der Waals surface area contributed by atoms with Gasteiger partial charge in [0.2, 0.25) is 0 Å². The molecular formula is C13H8BrN3O. The number of nitrogens with zero attached hydrogens (tertiary/aromatic N) is 2. The maximum absolute atomic E-state index is 10.7. The summed E-state index contributed by atoms with van der Waals surface area (Å²) in [5, 5.41) is 1.04. The number of hydrogen-bond acceptors (Lipinski definition) is 3. The first-order valence-corrected chi connectivity index (χ1v) is 6.13. The van der Waals surface area contributed by atoms with Gasteiger partial charge in [0.05, 0.1) is 5.52 Å². The zero-order valence-corrected chi connectivity index (χ0v) is 10.8. The molecule has 3 rings (SSSR count). The quantitative estimate of drug-likeness (QED) is 0.740. The molecule has 2 heterocycles. The summed E-state index contributed by atoms with van der Waals surface area (Å²) in [6.07, 6.45) is 2.45. The van der Waals surface area contributed by atoms with Gasteiger partial charge in [0.1, 0.15) is 10.3 Å². The van der Waals surface area contributed by atoms with E-state index in [-0.39, 0.29) is 0 Å². The van der Waals surface area contributed by atoms with Gasteiger partial charge in [0.15, 0.2) is 12.1 Å². The number of nitrogens with one attached hydrogen (secondary N) is 1. The molecule has 0 saturated heterocycles. The van der Waals surface area contributed by atoms with Crippen LogP contribution in [0.1, 0.15) is 10.6 Å². The van der Waals surface area contributed by atoms with E-state index in [1.807, 2.05) is 30.3 Å². The zero-order valence-electron chi connectivity index (χ0n) is 9.22. The highest BCUT2D eigenvalue weighted by Gasteiger charge is 2.10. The van der Waals surface area contributed by atoms with Crippen LogP contribution in [0.5, 0.6) is 0 Å². The molecule has 0 bridgehead atoms. The summed E-state index contributed by atoms with van der Waals surface area (Å²) in [4.78, 5) is 22.0. The van der Waals surface area contributed by atoms with Gasteiger partial charge in [-0.2, -0.15) is 0 Å². The lowest BCUT2D eigenvalue weighted by Gasteiger charge is -2.00. The predicted molar refractivity (Wildman–Crippen MR) is 72.4 cm³/mol. The van der Waals surface area contributed by atoms with Crippen LogP contribution in [0.15, 0.2) is 41.1 Å². The van der Waals surface area contributed by atoms with Crippen molar-refractivity contribution < 1.29 is 4.79 Å². The Morgan fingerprint density at radius 2 is 2.17 bits per heavy atom. The van der Waals surface area contributed by atoms with Gasteiger partial charge in [-0.15, -0.1) is 0 Å². The summed E-state index contributed by atoms with van der Waals surface area (Å²) in [6, 6.07) is 9.75. The number of aldehydes is 1. The van der Waals surface area contributed by atoms with Gasteiger partial charge >= 0.3 is 0 Å². The molecule has 0 radical (unpaired) electrons. The topological polar surface area (TPSA) is 58.6 Å². The molecule has 0 spiro atoms. The number of benzene rings is 1. The largest absolute Gasteiger partial charge is 0.330 e. The van der Waals surface area contributed by atoms with Crippen molar-refractivity contribution in [2.75, 3.05) is 0 Å². The van der Waals surface area contributed by atoms with Crippen molar-refractivity contribution >= 4 is 33.1 Å². The van der Waals surface area contributed by atoms with Gasteiger partial charge in [-0.05, 0) is 34.1 Å². The molecule has 0 aliphatic carbocycles. The minimum atomic E-state index is 0.308. The molecule has 0 atom stereocenters. The fourth-order valence-electron chi connectivity index (χ4n) is 1.84. The maximum Gasteiger partial charge on any atom is 0.185 e. The lowest BCUT2D eigenvalue weighted by Crippen LogP contribution is -1.83. The molecule has 1 aromatic carbocycles. The van der Waals surface area contributed by atoms with Crippen molar-refractivity contribution in [3.05, 3.63) is 47.0 Å². The van der Waals surface area contributed by atoms with E-state index in [0.717, 1.165) is 22.2 Å². The third-order valence-corrected chi connectivity index (χ3v) is 3.24. The molecule has 0 amide bonds. The van der Waals surface area contributed by atoms with Crippen LogP contribution in [0.25, 0.3) is 22.2 Å². The Morgan fingerprint density at radius 1 is 1.28 bits per heavy atom. The van der Waals surface area contributed by atoms with Crippen LogP contribution >= 0.6 is 15.9 Å². The summed E-state index contributed by atoms with van der Waals surface area (Å²) in [6.45, 7) is 0. The van der Waals surface area contributed by atoms with Crippen LogP contribution < -0.4 is 0 Å². The number of aromatic nitrogens is 3. The van der Waals surface area contributed by atoms with E-state index >= 15 is 0 Å². The number of carbonyl (C=O) groups excluding carboxylic acids is 1. The van der Waals surface area contributed by atoms with E-state index in [1.54, 1.807) is 6.20 Å². The molecule has 2 aromatic heterocycles. The van der Waals surface area contributed by atoms with E-state index in [1.165, 1.54) is 0 Å². The van der Waals surface area contributed by atoms with E-state index in [0.29, 0.717) is 16.7 Å². The Morgan fingerprint density at radius 3 is 2.94 bits per heavy atom. The van der Waals surface area contributed by atoms with Gasteiger partial charge in [0.25, 0.3) is 0 Å². The van der Waals surface area contributed by atoms with Crippen molar-refractivity contribution in [3.63, 3.8) is 0 Å². The van der Waals surface area contributed by atoms with Gasteiger partial charge in [-0.1, -0.05) is 12.1 Å². The molecule has 18 heavy (non-hydrogen) atoms. The van der Waals surface area contributed by atoms with Crippen LogP contribution in [-0.4, -0.2) is 21.2 Å². The molecule has 1 N–H and O–H groups in total. The lowest BCUT2D eigenvalue weighted by atomic mass is 10.1. The van der Waals surface area contributed by atoms with Crippen LogP contribution in [-0.2, 0) is 0 Å². The number of fused-ring (bicyclic) bond motifs is 1. The van der Waals surface area contributed by atoms with Gasteiger partial charge < -0.3 is 4.98 Å². The Bertz CT molecular complexity index is 736. The monoisotopic (exact) mass is 301 g/mol. The van der Waals surface area contributed by atoms with Crippen molar-refractivity contribution in [2.24, 2.45) is 0 Å². The molecule has 0 fully saturated rings.